The number of hydrogen-bond acceptors (Lipinski definition) is 2. The molecule has 1 aromatic carbocycles. The summed E-state index contributed by atoms with van der Waals surface area (Å²) in [4.78, 5) is 7.56. The smallest absolute Gasteiger partial charge is 0.191 e. The van der Waals surface area contributed by atoms with E-state index in [2.05, 4.69) is 38.8 Å². The quantitative estimate of drug-likeness (QED) is 0.428. The molecule has 0 bridgehead atoms. The van der Waals surface area contributed by atoms with Crippen molar-refractivity contribution in [1.29, 1.82) is 0 Å². The summed E-state index contributed by atoms with van der Waals surface area (Å²) in [5.74, 6) is 0.781. The number of fused-ring (bicyclic) bond motifs is 1. The van der Waals surface area contributed by atoms with Crippen LogP contribution in [0.15, 0.2) is 35.3 Å². The summed E-state index contributed by atoms with van der Waals surface area (Å²) in [6, 6.07) is 10.4. The second-order valence-electron chi connectivity index (χ2n) is 4.43. The molecule has 0 aliphatic heterocycles. The third kappa shape index (κ3) is 3.99. The van der Waals surface area contributed by atoms with Crippen LogP contribution >= 0.6 is 0 Å². The highest BCUT2D eigenvalue weighted by Gasteiger charge is 2.01. The minimum absolute atomic E-state index is 0.684. The van der Waals surface area contributed by atoms with Gasteiger partial charge in [0.25, 0.3) is 0 Å². The SMILES string of the molecule is CCOCCNC(=NC)NCc1cc2ccccc2[nH]1. The van der Waals surface area contributed by atoms with Gasteiger partial charge in [-0.3, -0.25) is 4.99 Å². The molecule has 0 saturated heterocycles. The highest BCUT2D eigenvalue weighted by molar-refractivity contribution is 5.81. The lowest BCUT2D eigenvalue weighted by Crippen LogP contribution is -2.38. The van der Waals surface area contributed by atoms with E-state index in [0.717, 1.165) is 30.3 Å². The van der Waals surface area contributed by atoms with Crippen LogP contribution in [-0.4, -0.2) is 37.7 Å². The van der Waals surface area contributed by atoms with Gasteiger partial charge >= 0.3 is 0 Å². The summed E-state index contributed by atoms with van der Waals surface area (Å²) in [7, 11) is 1.77. The zero-order chi connectivity index (χ0) is 14.2. The molecule has 0 radical (unpaired) electrons. The van der Waals surface area contributed by atoms with Gasteiger partial charge in [0.05, 0.1) is 13.2 Å². The Morgan fingerprint density at radius 2 is 2.15 bits per heavy atom. The van der Waals surface area contributed by atoms with Crippen molar-refractivity contribution in [1.82, 2.24) is 15.6 Å². The summed E-state index contributed by atoms with van der Waals surface area (Å²) in [6.07, 6.45) is 0. The second kappa shape index (κ2) is 7.55. The Morgan fingerprint density at radius 3 is 2.90 bits per heavy atom. The van der Waals surface area contributed by atoms with E-state index in [0.29, 0.717) is 13.2 Å². The Hall–Kier alpha value is -2.01. The molecule has 0 atom stereocenters. The number of aromatic amines is 1. The molecule has 3 N–H and O–H groups in total. The third-order valence-electron chi connectivity index (χ3n) is 3.00. The molecule has 0 amide bonds. The summed E-state index contributed by atoms with van der Waals surface area (Å²) >= 11 is 0. The van der Waals surface area contributed by atoms with E-state index in [1.54, 1.807) is 7.05 Å². The van der Waals surface area contributed by atoms with Crippen molar-refractivity contribution in [3.05, 3.63) is 36.0 Å². The van der Waals surface area contributed by atoms with Crippen LogP contribution in [0.3, 0.4) is 0 Å². The average molecular weight is 274 g/mol. The summed E-state index contributed by atoms with van der Waals surface area (Å²) < 4.78 is 5.28. The molecule has 20 heavy (non-hydrogen) atoms. The van der Waals surface area contributed by atoms with Crippen molar-refractivity contribution >= 4 is 16.9 Å². The van der Waals surface area contributed by atoms with Gasteiger partial charge in [0.2, 0.25) is 0 Å². The number of benzene rings is 1. The van der Waals surface area contributed by atoms with Crippen molar-refractivity contribution in [2.75, 3.05) is 26.8 Å². The molecule has 0 fully saturated rings. The average Bonchev–Trinajstić information content (AvgIpc) is 2.89. The molecule has 5 nitrogen and oxygen atoms in total. The molecule has 108 valence electrons. The van der Waals surface area contributed by atoms with Crippen molar-refractivity contribution in [3.8, 4) is 0 Å². The maximum Gasteiger partial charge on any atom is 0.191 e. The lowest BCUT2D eigenvalue weighted by molar-refractivity contribution is 0.152. The second-order valence-corrected chi connectivity index (χ2v) is 4.43. The van der Waals surface area contributed by atoms with Crippen LogP contribution in [0.2, 0.25) is 0 Å². The van der Waals surface area contributed by atoms with E-state index in [4.69, 9.17) is 4.74 Å². The fourth-order valence-electron chi connectivity index (χ4n) is 2.01. The summed E-state index contributed by atoms with van der Waals surface area (Å²) in [6.45, 7) is 4.87. The maximum absolute atomic E-state index is 5.28. The summed E-state index contributed by atoms with van der Waals surface area (Å²) in [5, 5.41) is 7.71. The number of nitrogens with zero attached hydrogens (tertiary/aromatic N) is 1. The Bertz CT molecular complexity index is 529. The van der Waals surface area contributed by atoms with E-state index >= 15 is 0 Å². The predicted octanol–water partition coefficient (Wildman–Crippen LogP) is 1.87. The largest absolute Gasteiger partial charge is 0.380 e. The van der Waals surface area contributed by atoms with E-state index in [1.165, 1.54) is 5.39 Å². The third-order valence-corrected chi connectivity index (χ3v) is 3.00. The number of para-hydroxylation sites is 1. The molecule has 0 aliphatic rings. The minimum Gasteiger partial charge on any atom is -0.380 e. The number of rotatable bonds is 6. The highest BCUT2D eigenvalue weighted by Crippen LogP contribution is 2.14. The van der Waals surface area contributed by atoms with Gasteiger partial charge in [-0.05, 0) is 24.4 Å². The number of nitrogens with one attached hydrogen (secondary N) is 3. The van der Waals surface area contributed by atoms with Gasteiger partial charge in [0, 0.05) is 31.4 Å². The van der Waals surface area contributed by atoms with Crippen LogP contribution in [0.1, 0.15) is 12.6 Å². The van der Waals surface area contributed by atoms with E-state index < -0.39 is 0 Å². The number of H-pyrrole nitrogens is 1. The first-order valence-electron chi connectivity index (χ1n) is 6.92. The van der Waals surface area contributed by atoms with E-state index in [-0.39, 0.29) is 0 Å². The molecule has 1 heterocycles. The molecule has 0 unspecified atom stereocenters. The topological polar surface area (TPSA) is 61.4 Å². The fourth-order valence-corrected chi connectivity index (χ4v) is 2.01. The van der Waals surface area contributed by atoms with Crippen LogP contribution in [0.5, 0.6) is 0 Å². The monoisotopic (exact) mass is 274 g/mol. The first-order valence-corrected chi connectivity index (χ1v) is 6.92. The van der Waals surface area contributed by atoms with Crippen LogP contribution in [0.25, 0.3) is 10.9 Å². The van der Waals surface area contributed by atoms with E-state index in [9.17, 15) is 0 Å². The molecule has 2 rings (SSSR count). The number of aromatic nitrogens is 1. The fraction of sp³-hybridized carbons (Fsp3) is 0.400. The number of aliphatic imine (C=N–C) groups is 1. The molecule has 5 heteroatoms. The lowest BCUT2D eigenvalue weighted by Gasteiger charge is -2.11. The summed E-state index contributed by atoms with van der Waals surface area (Å²) in [5.41, 5.74) is 2.29. The first-order chi connectivity index (χ1) is 9.83. The molecule has 0 aliphatic carbocycles. The molecular formula is C15H22N4O. The zero-order valence-corrected chi connectivity index (χ0v) is 12.1. The van der Waals surface area contributed by atoms with Gasteiger partial charge in [0.1, 0.15) is 0 Å². The molecule has 2 aromatic rings. The molecule has 1 aromatic heterocycles. The number of guanidine groups is 1. The zero-order valence-electron chi connectivity index (χ0n) is 12.1. The van der Waals surface area contributed by atoms with Gasteiger partial charge in [0.15, 0.2) is 5.96 Å². The van der Waals surface area contributed by atoms with Gasteiger partial charge in [-0.1, -0.05) is 18.2 Å². The standard InChI is InChI=1S/C15H22N4O/c1-3-20-9-8-17-15(16-2)18-11-13-10-12-6-4-5-7-14(12)19-13/h4-7,10,19H,3,8-9,11H2,1-2H3,(H2,16,17,18). The van der Waals surface area contributed by atoms with Gasteiger partial charge < -0.3 is 20.4 Å². The maximum atomic E-state index is 5.28. The van der Waals surface area contributed by atoms with Crippen molar-refractivity contribution in [2.45, 2.75) is 13.5 Å². The van der Waals surface area contributed by atoms with Crippen LogP contribution in [0, 0.1) is 0 Å². The van der Waals surface area contributed by atoms with E-state index in [1.807, 2.05) is 19.1 Å². The molecular weight excluding hydrogens is 252 g/mol. The lowest BCUT2D eigenvalue weighted by atomic mass is 10.2. The Balaban J connectivity index is 1.83. The van der Waals surface area contributed by atoms with Crippen LogP contribution in [0.4, 0.5) is 0 Å². The number of ether oxygens (including phenoxy) is 1. The van der Waals surface area contributed by atoms with Crippen LogP contribution < -0.4 is 10.6 Å². The Morgan fingerprint density at radius 1 is 1.30 bits per heavy atom. The predicted molar refractivity (Wildman–Crippen MR) is 83.0 cm³/mol. The Labute approximate surface area is 119 Å². The van der Waals surface area contributed by atoms with Crippen LogP contribution in [-0.2, 0) is 11.3 Å². The molecule has 0 saturated carbocycles. The van der Waals surface area contributed by atoms with Crippen molar-refractivity contribution in [3.63, 3.8) is 0 Å². The normalized spacial score (nSPS) is 11.8. The minimum atomic E-state index is 0.684. The molecule has 0 spiro atoms. The van der Waals surface area contributed by atoms with Crippen molar-refractivity contribution in [2.24, 2.45) is 4.99 Å². The van der Waals surface area contributed by atoms with Crippen molar-refractivity contribution < 1.29 is 4.74 Å². The highest BCUT2D eigenvalue weighted by atomic mass is 16.5. The Kier molecular flexibility index (Phi) is 5.43. The van der Waals surface area contributed by atoms with Gasteiger partial charge in [-0.25, -0.2) is 0 Å². The number of hydrogen-bond donors (Lipinski definition) is 3. The van der Waals surface area contributed by atoms with Gasteiger partial charge in [-0.2, -0.15) is 0 Å². The van der Waals surface area contributed by atoms with Gasteiger partial charge in [-0.15, -0.1) is 0 Å². The first kappa shape index (κ1) is 14.4.